The number of alkyl halides is 2. The minimum absolute atomic E-state index is 0. The van der Waals surface area contributed by atoms with Gasteiger partial charge in [0.2, 0.25) is 0 Å². The van der Waals surface area contributed by atoms with Crippen molar-refractivity contribution < 1.29 is 13.5 Å². The van der Waals surface area contributed by atoms with Gasteiger partial charge in [-0.05, 0) is 37.7 Å². The third-order valence-corrected chi connectivity index (χ3v) is 3.62. The van der Waals surface area contributed by atoms with E-state index in [9.17, 15) is 8.78 Å². The summed E-state index contributed by atoms with van der Waals surface area (Å²) in [6, 6.07) is 4.54. The molecule has 0 saturated heterocycles. The molecule has 0 heterocycles. The van der Waals surface area contributed by atoms with Crippen LogP contribution in [0.5, 0.6) is 5.75 Å². The van der Waals surface area contributed by atoms with E-state index in [1.807, 2.05) is 14.1 Å². The maximum Gasteiger partial charge on any atom is 0.387 e. The Morgan fingerprint density at radius 1 is 1.31 bits per heavy atom. The Balaban J connectivity index is 0.00000625. The highest BCUT2D eigenvalue weighted by atomic mass is 127. The van der Waals surface area contributed by atoms with Crippen LogP contribution in [0.4, 0.5) is 8.78 Å². The number of nitrogens with one attached hydrogen (secondary N) is 2. The summed E-state index contributed by atoms with van der Waals surface area (Å²) in [5.41, 5.74) is 0.574. The second-order valence-corrected chi connectivity index (χ2v) is 7.25. The average molecular weight is 505 g/mol. The zero-order valence-corrected chi connectivity index (χ0v) is 18.9. The van der Waals surface area contributed by atoms with E-state index in [0.717, 1.165) is 6.54 Å². The third kappa shape index (κ3) is 9.72. The normalized spacial score (nSPS) is 12.2. The van der Waals surface area contributed by atoms with Gasteiger partial charge in [0.1, 0.15) is 5.75 Å². The van der Waals surface area contributed by atoms with Crippen molar-refractivity contribution in [2.75, 3.05) is 34.2 Å². The fourth-order valence-corrected chi connectivity index (χ4v) is 2.73. The molecule has 5 nitrogen and oxygen atoms in total. The molecule has 26 heavy (non-hydrogen) atoms. The Labute approximate surface area is 176 Å². The lowest BCUT2D eigenvalue weighted by atomic mass is 9.93. The van der Waals surface area contributed by atoms with E-state index in [-0.39, 0.29) is 41.7 Å². The van der Waals surface area contributed by atoms with Crippen LogP contribution in [0.25, 0.3) is 0 Å². The molecular formula is C17H28ClF2IN4O. The SMILES string of the molecule is CN=C(NCc1cc(Cl)ccc1OC(F)F)NCC(C)(C)CN(C)C.I. The molecule has 0 aliphatic carbocycles. The molecule has 0 aliphatic rings. The van der Waals surface area contributed by atoms with Crippen LogP contribution in [0.1, 0.15) is 19.4 Å². The molecule has 0 bridgehead atoms. The Kier molecular flexibility index (Phi) is 11.4. The summed E-state index contributed by atoms with van der Waals surface area (Å²) in [6.07, 6.45) is 0. The van der Waals surface area contributed by atoms with E-state index >= 15 is 0 Å². The van der Waals surface area contributed by atoms with Gasteiger partial charge in [-0.1, -0.05) is 25.4 Å². The lowest BCUT2D eigenvalue weighted by Gasteiger charge is -2.29. The molecule has 0 radical (unpaired) electrons. The van der Waals surface area contributed by atoms with Crippen molar-refractivity contribution in [2.45, 2.75) is 27.0 Å². The summed E-state index contributed by atoms with van der Waals surface area (Å²) < 4.78 is 29.5. The van der Waals surface area contributed by atoms with Crippen molar-refractivity contribution in [3.05, 3.63) is 28.8 Å². The van der Waals surface area contributed by atoms with E-state index in [2.05, 4.69) is 39.1 Å². The predicted molar refractivity (Wildman–Crippen MR) is 114 cm³/mol. The summed E-state index contributed by atoms with van der Waals surface area (Å²) in [7, 11) is 5.71. The second-order valence-electron chi connectivity index (χ2n) is 6.81. The largest absolute Gasteiger partial charge is 0.434 e. The highest BCUT2D eigenvalue weighted by Crippen LogP contribution is 2.24. The molecule has 0 aromatic heterocycles. The molecule has 0 fully saturated rings. The fraction of sp³-hybridized carbons (Fsp3) is 0.588. The van der Waals surface area contributed by atoms with E-state index in [4.69, 9.17) is 11.6 Å². The molecule has 9 heteroatoms. The van der Waals surface area contributed by atoms with Gasteiger partial charge in [-0.25, -0.2) is 0 Å². The van der Waals surface area contributed by atoms with Crippen molar-refractivity contribution in [3.8, 4) is 5.75 Å². The first-order valence-corrected chi connectivity index (χ1v) is 8.33. The van der Waals surface area contributed by atoms with Gasteiger partial charge in [0.05, 0.1) is 0 Å². The number of hydrogen-bond donors (Lipinski definition) is 2. The smallest absolute Gasteiger partial charge is 0.387 e. The first kappa shape index (κ1) is 25.1. The number of guanidine groups is 1. The number of nitrogens with zero attached hydrogens (tertiary/aromatic N) is 2. The van der Waals surface area contributed by atoms with Crippen molar-refractivity contribution in [1.82, 2.24) is 15.5 Å². The van der Waals surface area contributed by atoms with Gasteiger partial charge in [-0.2, -0.15) is 8.78 Å². The van der Waals surface area contributed by atoms with E-state index in [0.29, 0.717) is 23.1 Å². The van der Waals surface area contributed by atoms with Gasteiger partial charge >= 0.3 is 6.61 Å². The summed E-state index contributed by atoms with van der Waals surface area (Å²) in [5, 5.41) is 6.80. The molecule has 1 aromatic carbocycles. The second kappa shape index (κ2) is 11.8. The molecule has 150 valence electrons. The molecule has 0 aliphatic heterocycles. The first-order chi connectivity index (χ1) is 11.6. The molecule has 0 unspecified atom stereocenters. The van der Waals surface area contributed by atoms with E-state index < -0.39 is 6.61 Å². The summed E-state index contributed by atoms with van der Waals surface area (Å²) in [6.45, 7) is 3.30. The minimum atomic E-state index is -2.89. The lowest BCUT2D eigenvalue weighted by molar-refractivity contribution is -0.0504. The fourth-order valence-electron chi connectivity index (χ4n) is 2.53. The zero-order chi connectivity index (χ0) is 19.0. The maximum atomic E-state index is 12.5. The average Bonchev–Trinajstić information content (AvgIpc) is 2.48. The van der Waals surface area contributed by atoms with Crippen LogP contribution in [0, 0.1) is 5.41 Å². The molecule has 0 saturated carbocycles. The van der Waals surface area contributed by atoms with Crippen LogP contribution < -0.4 is 15.4 Å². The van der Waals surface area contributed by atoms with Crippen molar-refractivity contribution in [2.24, 2.45) is 10.4 Å². The van der Waals surface area contributed by atoms with Crippen molar-refractivity contribution >= 4 is 41.5 Å². The van der Waals surface area contributed by atoms with Crippen LogP contribution >= 0.6 is 35.6 Å². The van der Waals surface area contributed by atoms with Crippen LogP contribution in [-0.2, 0) is 6.54 Å². The zero-order valence-electron chi connectivity index (χ0n) is 15.8. The Morgan fingerprint density at radius 2 is 1.96 bits per heavy atom. The van der Waals surface area contributed by atoms with Crippen molar-refractivity contribution in [3.63, 3.8) is 0 Å². The van der Waals surface area contributed by atoms with Crippen LogP contribution in [-0.4, -0.2) is 51.7 Å². The van der Waals surface area contributed by atoms with Crippen LogP contribution in [0.2, 0.25) is 5.02 Å². The standard InChI is InChI=1S/C17H27ClF2N4O.HI/c1-17(2,11-24(4)5)10-23-16(21-3)22-9-12-8-13(18)6-7-14(12)25-15(19)20;/h6-8,15H,9-11H2,1-5H3,(H2,21,22,23);1H. The number of rotatable bonds is 8. The van der Waals surface area contributed by atoms with Crippen molar-refractivity contribution in [1.29, 1.82) is 0 Å². The minimum Gasteiger partial charge on any atom is -0.434 e. The summed E-state index contributed by atoms with van der Waals surface area (Å²) in [5.74, 6) is 0.671. The highest BCUT2D eigenvalue weighted by molar-refractivity contribution is 14.0. The Morgan fingerprint density at radius 3 is 2.50 bits per heavy atom. The van der Waals surface area contributed by atoms with Gasteiger partial charge in [-0.3, -0.25) is 4.99 Å². The van der Waals surface area contributed by atoms with Gasteiger partial charge in [0.25, 0.3) is 0 Å². The van der Waals surface area contributed by atoms with Crippen LogP contribution in [0.15, 0.2) is 23.2 Å². The van der Waals surface area contributed by atoms with E-state index in [1.54, 1.807) is 13.1 Å². The van der Waals surface area contributed by atoms with Crippen LogP contribution in [0.3, 0.4) is 0 Å². The molecule has 1 aromatic rings. The number of halogens is 4. The summed E-state index contributed by atoms with van der Waals surface area (Å²) >= 11 is 5.95. The van der Waals surface area contributed by atoms with Gasteiger partial charge in [0, 0.05) is 37.3 Å². The third-order valence-electron chi connectivity index (χ3n) is 3.39. The Bertz CT molecular complexity index is 586. The molecule has 0 amide bonds. The van der Waals surface area contributed by atoms with E-state index in [1.165, 1.54) is 12.1 Å². The van der Waals surface area contributed by atoms with Gasteiger partial charge in [0.15, 0.2) is 5.96 Å². The monoisotopic (exact) mass is 504 g/mol. The topological polar surface area (TPSA) is 48.9 Å². The quantitative estimate of drug-likeness (QED) is 0.321. The molecular weight excluding hydrogens is 477 g/mol. The lowest BCUT2D eigenvalue weighted by Crippen LogP contribution is -2.44. The summed E-state index contributed by atoms with van der Waals surface area (Å²) in [4.78, 5) is 6.28. The highest BCUT2D eigenvalue weighted by Gasteiger charge is 2.19. The van der Waals surface area contributed by atoms with Gasteiger partial charge < -0.3 is 20.3 Å². The number of hydrogen-bond acceptors (Lipinski definition) is 3. The number of ether oxygens (including phenoxy) is 1. The predicted octanol–water partition coefficient (Wildman–Crippen LogP) is 3.81. The Hall–Kier alpha value is -0.870. The molecule has 0 spiro atoms. The maximum absolute atomic E-state index is 12.5. The molecule has 1 rings (SSSR count). The molecule has 0 atom stereocenters. The first-order valence-electron chi connectivity index (χ1n) is 7.95. The van der Waals surface area contributed by atoms with Gasteiger partial charge in [-0.15, -0.1) is 24.0 Å². The number of aliphatic imine (C=N–C) groups is 1. The number of benzene rings is 1. The molecule has 2 N–H and O–H groups in total.